The van der Waals surface area contributed by atoms with E-state index in [0.717, 1.165) is 82.6 Å². The first-order valence-electron chi connectivity index (χ1n) is 17.0. The molecule has 0 aliphatic rings. The zero-order chi connectivity index (χ0) is 33.7. The standard InChI is InChI=1S/C46H29N3OS/c1-4-14-31(15-5-1)43-45-44(37-21-11-13-23-41(37)51-45)48-46(47-43)32-28-38(42-36-20-10-12-22-39(36)50-40(42)29-32)30-24-26-35(27-25-30)49(33-16-6-2-7-17-33)34-18-8-3-9-19-34/h1-29H. The summed E-state index contributed by atoms with van der Waals surface area (Å²) < 4.78 is 8.84. The van der Waals surface area contributed by atoms with Gasteiger partial charge in [-0.15, -0.1) is 11.3 Å². The molecule has 0 N–H and O–H groups in total. The molecule has 0 saturated heterocycles. The molecule has 240 valence electrons. The molecule has 3 heterocycles. The van der Waals surface area contributed by atoms with Crippen molar-refractivity contribution in [3.05, 3.63) is 176 Å². The van der Waals surface area contributed by atoms with Gasteiger partial charge in [0.1, 0.15) is 11.2 Å². The Bertz CT molecular complexity index is 2800. The first-order chi connectivity index (χ1) is 25.3. The number of nitrogens with zero attached hydrogens (tertiary/aromatic N) is 3. The average molecular weight is 672 g/mol. The summed E-state index contributed by atoms with van der Waals surface area (Å²) >= 11 is 1.75. The minimum absolute atomic E-state index is 0.671. The molecule has 0 atom stereocenters. The largest absolute Gasteiger partial charge is 0.456 e. The summed E-state index contributed by atoms with van der Waals surface area (Å²) in [6.07, 6.45) is 0. The molecule has 0 radical (unpaired) electrons. The van der Waals surface area contributed by atoms with Crippen LogP contribution in [-0.2, 0) is 0 Å². The molecule has 5 heteroatoms. The van der Waals surface area contributed by atoms with Crippen LogP contribution in [0.3, 0.4) is 0 Å². The van der Waals surface area contributed by atoms with Crippen LogP contribution >= 0.6 is 11.3 Å². The predicted octanol–water partition coefficient (Wildman–Crippen LogP) is 13.2. The van der Waals surface area contributed by atoms with E-state index in [1.165, 1.54) is 4.70 Å². The number of para-hydroxylation sites is 3. The van der Waals surface area contributed by atoms with E-state index >= 15 is 0 Å². The van der Waals surface area contributed by atoms with Gasteiger partial charge in [-0.1, -0.05) is 115 Å². The topological polar surface area (TPSA) is 42.2 Å². The van der Waals surface area contributed by atoms with Gasteiger partial charge < -0.3 is 9.32 Å². The summed E-state index contributed by atoms with van der Waals surface area (Å²) in [4.78, 5) is 12.8. The van der Waals surface area contributed by atoms with Crippen molar-refractivity contribution in [3.8, 4) is 33.8 Å². The Kier molecular flexibility index (Phi) is 6.96. The fraction of sp³-hybridized carbons (Fsp3) is 0. The van der Waals surface area contributed by atoms with Crippen molar-refractivity contribution in [1.82, 2.24) is 9.97 Å². The minimum Gasteiger partial charge on any atom is -0.456 e. The fourth-order valence-corrected chi connectivity index (χ4v) is 8.27. The third kappa shape index (κ3) is 5.06. The Morgan fingerprint density at radius 1 is 0.471 bits per heavy atom. The molecule has 10 aromatic rings. The van der Waals surface area contributed by atoms with Gasteiger partial charge in [-0.3, -0.25) is 0 Å². The molecule has 10 rings (SSSR count). The maximum atomic E-state index is 6.55. The number of benzene rings is 7. The third-order valence-corrected chi connectivity index (χ3v) is 10.6. The summed E-state index contributed by atoms with van der Waals surface area (Å²) in [6, 6.07) is 61.3. The number of hydrogen-bond acceptors (Lipinski definition) is 5. The van der Waals surface area contributed by atoms with Gasteiger partial charge in [-0.25, -0.2) is 9.97 Å². The molecule has 51 heavy (non-hydrogen) atoms. The van der Waals surface area contributed by atoms with Crippen LogP contribution in [0, 0.1) is 0 Å². The summed E-state index contributed by atoms with van der Waals surface area (Å²) in [7, 11) is 0. The zero-order valence-corrected chi connectivity index (χ0v) is 28.2. The summed E-state index contributed by atoms with van der Waals surface area (Å²) in [5, 5.41) is 3.30. The lowest BCUT2D eigenvalue weighted by Crippen LogP contribution is -2.09. The van der Waals surface area contributed by atoms with Crippen LogP contribution in [0.15, 0.2) is 180 Å². The molecular weight excluding hydrogens is 643 g/mol. The third-order valence-electron chi connectivity index (χ3n) is 9.47. The van der Waals surface area contributed by atoms with Gasteiger partial charge in [0.15, 0.2) is 5.82 Å². The number of anilines is 3. The predicted molar refractivity (Wildman–Crippen MR) is 213 cm³/mol. The van der Waals surface area contributed by atoms with Gasteiger partial charge in [0.05, 0.1) is 15.9 Å². The smallest absolute Gasteiger partial charge is 0.160 e. The number of fused-ring (bicyclic) bond motifs is 6. The summed E-state index contributed by atoms with van der Waals surface area (Å²) in [5.74, 6) is 0.671. The van der Waals surface area contributed by atoms with Crippen LogP contribution < -0.4 is 4.90 Å². The monoisotopic (exact) mass is 671 g/mol. The highest BCUT2D eigenvalue weighted by molar-refractivity contribution is 7.26. The maximum Gasteiger partial charge on any atom is 0.160 e. The van der Waals surface area contributed by atoms with Crippen molar-refractivity contribution in [1.29, 1.82) is 0 Å². The number of hydrogen-bond donors (Lipinski definition) is 0. The van der Waals surface area contributed by atoms with Gasteiger partial charge in [-0.05, 0) is 71.8 Å². The lowest BCUT2D eigenvalue weighted by atomic mass is 9.96. The van der Waals surface area contributed by atoms with E-state index in [2.05, 4.69) is 150 Å². The van der Waals surface area contributed by atoms with Crippen molar-refractivity contribution in [2.24, 2.45) is 0 Å². The highest BCUT2D eigenvalue weighted by atomic mass is 32.1. The second-order valence-corrected chi connectivity index (χ2v) is 13.6. The molecule has 0 saturated carbocycles. The molecule has 0 fully saturated rings. The Balaban J connectivity index is 1.18. The van der Waals surface area contributed by atoms with Gasteiger partial charge in [0.2, 0.25) is 0 Å². The van der Waals surface area contributed by atoms with Gasteiger partial charge in [0, 0.05) is 49.0 Å². The van der Waals surface area contributed by atoms with Crippen molar-refractivity contribution in [2.75, 3.05) is 4.90 Å². The molecule has 0 spiro atoms. The first kappa shape index (κ1) is 29.4. The number of furan rings is 1. The van der Waals surface area contributed by atoms with Crippen molar-refractivity contribution in [3.63, 3.8) is 0 Å². The molecule has 4 nitrogen and oxygen atoms in total. The highest BCUT2D eigenvalue weighted by Crippen LogP contribution is 2.43. The maximum absolute atomic E-state index is 6.55. The van der Waals surface area contributed by atoms with Crippen LogP contribution in [0.2, 0.25) is 0 Å². The van der Waals surface area contributed by atoms with E-state index in [4.69, 9.17) is 14.4 Å². The van der Waals surface area contributed by atoms with Crippen LogP contribution in [0.25, 0.3) is 76.0 Å². The molecule has 0 bridgehead atoms. The quantitative estimate of drug-likeness (QED) is 0.176. The highest BCUT2D eigenvalue weighted by Gasteiger charge is 2.20. The Morgan fingerprint density at radius 3 is 1.80 bits per heavy atom. The van der Waals surface area contributed by atoms with Crippen LogP contribution in [0.1, 0.15) is 0 Å². The molecule has 0 aliphatic carbocycles. The van der Waals surface area contributed by atoms with Crippen molar-refractivity contribution in [2.45, 2.75) is 0 Å². The van der Waals surface area contributed by atoms with E-state index < -0.39 is 0 Å². The number of rotatable bonds is 6. The Morgan fingerprint density at radius 2 is 1.08 bits per heavy atom. The molecule has 0 unspecified atom stereocenters. The van der Waals surface area contributed by atoms with Gasteiger partial charge in [-0.2, -0.15) is 0 Å². The lowest BCUT2D eigenvalue weighted by Gasteiger charge is -2.25. The normalized spacial score (nSPS) is 11.5. The second kappa shape index (κ2) is 12.1. The lowest BCUT2D eigenvalue weighted by molar-refractivity contribution is 0.669. The Labute approximate surface area is 298 Å². The second-order valence-electron chi connectivity index (χ2n) is 12.6. The van der Waals surface area contributed by atoms with E-state index in [1.54, 1.807) is 11.3 Å². The van der Waals surface area contributed by atoms with E-state index in [9.17, 15) is 0 Å². The van der Waals surface area contributed by atoms with E-state index in [0.29, 0.717) is 5.82 Å². The van der Waals surface area contributed by atoms with Gasteiger partial charge >= 0.3 is 0 Å². The van der Waals surface area contributed by atoms with Crippen LogP contribution in [0.4, 0.5) is 17.1 Å². The number of thiophene rings is 1. The molecular formula is C46H29N3OS. The van der Waals surface area contributed by atoms with Crippen molar-refractivity contribution >= 4 is 70.6 Å². The van der Waals surface area contributed by atoms with E-state index in [1.807, 2.05) is 30.3 Å². The Hall–Kier alpha value is -6.56. The average Bonchev–Trinajstić information content (AvgIpc) is 3.77. The fourth-order valence-electron chi connectivity index (χ4n) is 7.11. The number of aromatic nitrogens is 2. The molecule has 0 amide bonds. The van der Waals surface area contributed by atoms with Gasteiger partial charge in [0.25, 0.3) is 0 Å². The van der Waals surface area contributed by atoms with Crippen LogP contribution in [0.5, 0.6) is 0 Å². The summed E-state index contributed by atoms with van der Waals surface area (Å²) in [5.41, 5.74) is 11.0. The van der Waals surface area contributed by atoms with Crippen LogP contribution in [-0.4, -0.2) is 9.97 Å². The van der Waals surface area contributed by atoms with E-state index in [-0.39, 0.29) is 0 Å². The zero-order valence-electron chi connectivity index (χ0n) is 27.4. The first-order valence-corrected chi connectivity index (χ1v) is 17.8. The SMILES string of the molecule is c1ccc(-c2nc(-c3cc(-c4ccc(N(c5ccccc5)c5ccccc5)cc4)c4c(c3)oc3ccccc34)nc3c2sc2ccccc23)cc1. The molecule has 7 aromatic carbocycles. The molecule has 3 aromatic heterocycles. The van der Waals surface area contributed by atoms with Crippen molar-refractivity contribution < 1.29 is 4.42 Å². The molecule has 0 aliphatic heterocycles. The summed E-state index contributed by atoms with van der Waals surface area (Å²) in [6.45, 7) is 0. The minimum atomic E-state index is 0.671.